The molecule has 100 valence electrons. The van der Waals surface area contributed by atoms with Crippen LogP contribution >= 0.6 is 15.9 Å². The van der Waals surface area contributed by atoms with E-state index in [-0.39, 0.29) is 6.04 Å². The van der Waals surface area contributed by atoms with E-state index < -0.39 is 0 Å². The molecule has 0 bridgehead atoms. The van der Waals surface area contributed by atoms with Crippen LogP contribution in [0.4, 0.5) is 0 Å². The van der Waals surface area contributed by atoms with Gasteiger partial charge in [-0.1, -0.05) is 37.3 Å². The fourth-order valence-corrected chi connectivity index (χ4v) is 2.63. The number of nitrogens with one attached hydrogen (secondary N) is 1. The molecule has 0 radical (unpaired) electrons. The Labute approximate surface area is 122 Å². The molecule has 0 aliphatic carbocycles. The van der Waals surface area contributed by atoms with Gasteiger partial charge in [0.15, 0.2) is 0 Å². The smallest absolute Gasteiger partial charge is 0.0739 e. The van der Waals surface area contributed by atoms with Crippen molar-refractivity contribution in [3.05, 3.63) is 52.7 Å². The van der Waals surface area contributed by atoms with E-state index in [2.05, 4.69) is 40.9 Å². The van der Waals surface area contributed by atoms with Crippen molar-refractivity contribution < 1.29 is 0 Å². The highest BCUT2D eigenvalue weighted by molar-refractivity contribution is 9.10. The number of fused-ring (bicyclic) bond motifs is 1. The first-order chi connectivity index (χ1) is 9.15. The molecule has 0 saturated carbocycles. The molecule has 0 aliphatic heterocycles. The number of nitrogens with two attached hydrogens (primary N) is 1. The van der Waals surface area contributed by atoms with E-state index in [1.54, 1.807) is 0 Å². The van der Waals surface area contributed by atoms with Gasteiger partial charge in [-0.2, -0.15) is 0 Å². The molecule has 4 heteroatoms. The van der Waals surface area contributed by atoms with Crippen molar-refractivity contribution in [2.75, 3.05) is 0 Å². The predicted molar refractivity (Wildman–Crippen MR) is 83.6 cm³/mol. The number of hydrazine groups is 1. The van der Waals surface area contributed by atoms with Gasteiger partial charge in [-0.15, -0.1) is 0 Å². The van der Waals surface area contributed by atoms with E-state index in [0.717, 1.165) is 39.5 Å². The zero-order valence-corrected chi connectivity index (χ0v) is 12.6. The van der Waals surface area contributed by atoms with Crippen molar-refractivity contribution in [2.24, 2.45) is 5.84 Å². The molecule has 0 aliphatic rings. The Morgan fingerprint density at radius 3 is 2.89 bits per heavy atom. The van der Waals surface area contributed by atoms with Crippen molar-refractivity contribution in [3.8, 4) is 0 Å². The van der Waals surface area contributed by atoms with Crippen LogP contribution in [0.3, 0.4) is 0 Å². The summed E-state index contributed by atoms with van der Waals surface area (Å²) < 4.78 is 0.970. The summed E-state index contributed by atoms with van der Waals surface area (Å²) >= 11 is 3.58. The topological polar surface area (TPSA) is 50.9 Å². The molecule has 19 heavy (non-hydrogen) atoms. The van der Waals surface area contributed by atoms with Gasteiger partial charge < -0.3 is 0 Å². The molecule has 1 aromatic carbocycles. The Hall–Kier alpha value is -1.23. The van der Waals surface area contributed by atoms with E-state index in [0.29, 0.717) is 0 Å². The maximum atomic E-state index is 5.67. The average molecular weight is 320 g/mol. The Morgan fingerprint density at radius 1 is 1.47 bits per heavy atom. The molecule has 0 spiro atoms. The highest BCUT2D eigenvalue weighted by atomic mass is 79.9. The summed E-state index contributed by atoms with van der Waals surface area (Å²) in [5, 5.41) is 1.11. The van der Waals surface area contributed by atoms with Crippen molar-refractivity contribution in [2.45, 2.75) is 25.8 Å². The summed E-state index contributed by atoms with van der Waals surface area (Å²) in [7, 11) is 0. The number of hydrogen-bond donors (Lipinski definition) is 2. The SMILES string of the molecule is C=C(CC)CC(NN)c1nc2ccccc2cc1Br. The first-order valence-corrected chi connectivity index (χ1v) is 7.13. The second-order valence-electron chi connectivity index (χ2n) is 4.58. The Morgan fingerprint density at radius 2 is 2.21 bits per heavy atom. The second kappa shape index (κ2) is 6.28. The summed E-state index contributed by atoms with van der Waals surface area (Å²) in [4.78, 5) is 4.70. The highest BCUT2D eigenvalue weighted by Gasteiger charge is 2.16. The van der Waals surface area contributed by atoms with E-state index in [1.807, 2.05) is 24.3 Å². The van der Waals surface area contributed by atoms with Crippen LogP contribution < -0.4 is 11.3 Å². The minimum absolute atomic E-state index is 0.0218. The molecule has 0 fully saturated rings. The first-order valence-electron chi connectivity index (χ1n) is 6.33. The Balaban J connectivity index is 2.41. The van der Waals surface area contributed by atoms with Crippen LogP contribution in [0, 0.1) is 0 Å². The van der Waals surface area contributed by atoms with Gasteiger partial charge in [0.1, 0.15) is 0 Å². The maximum absolute atomic E-state index is 5.67. The number of nitrogens with zero attached hydrogens (tertiary/aromatic N) is 1. The van der Waals surface area contributed by atoms with Gasteiger partial charge in [0, 0.05) is 9.86 Å². The van der Waals surface area contributed by atoms with Crippen LogP contribution in [-0.2, 0) is 0 Å². The zero-order chi connectivity index (χ0) is 13.8. The molecule has 1 heterocycles. The quantitative estimate of drug-likeness (QED) is 0.500. The molecule has 2 aromatic rings. The fourth-order valence-electron chi connectivity index (χ4n) is 2.02. The molecular weight excluding hydrogens is 302 g/mol. The monoisotopic (exact) mass is 319 g/mol. The number of benzene rings is 1. The molecule has 0 saturated heterocycles. The highest BCUT2D eigenvalue weighted by Crippen LogP contribution is 2.29. The number of para-hydroxylation sites is 1. The van der Waals surface area contributed by atoms with Crippen LogP contribution in [0.15, 0.2) is 47.0 Å². The summed E-state index contributed by atoms with van der Waals surface area (Å²) in [5.41, 5.74) is 5.89. The number of pyridine rings is 1. The van der Waals surface area contributed by atoms with Gasteiger partial charge >= 0.3 is 0 Å². The summed E-state index contributed by atoms with van der Waals surface area (Å²) in [6, 6.07) is 10.1. The van der Waals surface area contributed by atoms with Gasteiger partial charge in [0.05, 0.1) is 17.3 Å². The molecule has 1 atom stereocenters. The van der Waals surface area contributed by atoms with E-state index >= 15 is 0 Å². The number of aromatic nitrogens is 1. The number of rotatable bonds is 5. The van der Waals surface area contributed by atoms with Crippen LogP contribution in [0.1, 0.15) is 31.5 Å². The Kier molecular flexibility index (Phi) is 4.69. The van der Waals surface area contributed by atoms with Crippen molar-refractivity contribution in [3.63, 3.8) is 0 Å². The third-order valence-corrected chi connectivity index (χ3v) is 3.86. The minimum Gasteiger partial charge on any atom is -0.271 e. The van der Waals surface area contributed by atoms with Crippen molar-refractivity contribution in [1.82, 2.24) is 10.4 Å². The molecule has 1 aromatic heterocycles. The van der Waals surface area contributed by atoms with E-state index in [9.17, 15) is 0 Å². The predicted octanol–water partition coefficient (Wildman–Crippen LogP) is 3.86. The van der Waals surface area contributed by atoms with Gasteiger partial charge in [-0.25, -0.2) is 4.98 Å². The zero-order valence-electron chi connectivity index (χ0n) is 11.0. The van der Waals surface area contributed by atoms with Gasteiger partial charge in [-0.3, -0.25) is 11.3 Å². The molecular formula is C15H18BrN3. The Bertz CT molecular complexity index is 595. The van der Waals surface area contributed by atoms with Gasteiger partial charge in [0.2, 0.25) is 0 Å². The normalized spacial score (nSPS) is 12.6. The van der Waals surface area contributed by atoms with E-state index in [4.69, 9.17) is 10.8 Å². The second-order valence-corrected chi connectivity index (χ2v) is 5.43. The summed E-state index contributed by atoms with van der Waals surface area (Å²) in [6.45, 7) is 6.14. The van der Waals surface area contributed by atoms with Crippen LogP contribution in [0.2, 0.25) is 0 Å². The van der Waals surface area contributed by atoms with Crippen LogP contribution in [0.5, 0.6) is 0 Å². The van der Waals surface area contributed by atoms with E-state index in [1.165, 1.54) is 0 Å². The van der Waals surface area contributed by atoms with Crippen molar-refractivity contribution in [1.29, 1.82) is 0 Å². The standard InChI is InChI=1S/C15H18BrN3/c1-3-10(2)8-14(19-17)15-12(16)9-11-6-4-5-7-13(11)18-15/h4-7,9,14,19H,2-3,8,17H2,1H3. The molecule has 2 rings (SSSR count). The number of halogens is 1. The van der Waals surface area contributed by atoms with Crippen molar-refractivity contribution >= 4 is 26.8 Å². The molecule has 0 amide bonds. The lowest BCUT2D eigenvalue weighted by Gasteiger charge is -2.18. The third-order valence-electron chi connectivity index (χ3n) is 3.23. The maximum Gasteiger partial charge on any atom is 0.0739 e. The minimum atomic E-state index is -0.0218. The lowest BCUT2D eigenvalue weighted by atomic mass is 10.0. The van der Waals surface area contributed by atoms with Crippen LogP contribution in [-0.4, -0.2) is 4.98 Å². The van der Waals surface area contributed by atoms with Gasteiger partial charge in [0.25, 0.3) is 0 Å². The summed E-state index contributed by atoms with van der Waals surface area (Å²) in [5.74, 6) is 5.67. The first kappa shape index (κ1) is 14.2. The molecule has 3 N–H and O–H groups in total. The van der Waals surface area contributed by atoms with Gasteiger partial charge in [-0.05, 0) is 40.9 Å². The van der Waals surface area contributed by atoms with Crippen LogP contribution in [0.25, 0.3) is 10.9 Å². The fraction of sp³-hybridized carbons (Fsp3) is 0.267. The third kappa shape index (κ3) is 3.21. The number of hydrogen-bond acceptors (Lipinski definition) is 3. The summed E-state index contributed by atoms with van der Waals surface area (Å²) in [6.07, 6.45) is 1.74. The largest absolute Gasteiger partial charge is 0.271 e. The average Bonchev–Trinajstić information content (AvgIpc) is 2.44. The molecule has 3 nitrogen and oxygen atoms in total. The molecule has 1 unspecified atom stereocenters. The lowest BCUT2D eigenvalue weighted by molar-refractivity contribution is 0.531. The lowest BCUT2D eigenvalue weighted by Crippen LogP contribution is -2.29.